The number of ketones is 1. The van der Waals surface area contributed by atoms with Crippen LogP contribution in [0.25, 0.3) is 0 Å². The first-order valence-corrected chi connectivity index (χ1v) is 4.29. The molecule has 1 N–H and O–H groups in total. The third-order valence-electron chi connectivity index (χ3n) is 1.59. The number of halogens is 2. The van der Waals surface area contributed by atoms with Crippen molar-refractivity contribution >= 4 is 23.4 Å². The van der Waals surface area contributed by atoms with Crippen LogP contribution in [0.15, 0.2) is 30.4 Å². The highest BCUT2D eigenvalue weighted by molar-refractivity contribution is 6.34. The number of rotatable bonds is 3. The predicted molar refractivity (Wildman–Crippen MR) is 52.5 cm³/mol. The molecule has 5 heteroatoms. The Balaban J connectivity index is 3.02. The van der Waals surface area contributed by atoms with Gasteiger partial charge in [0.1, 0.15) is 5.82 Å². The second kappa shape index (κ2) is 4.70. The van der Waals surface area contributed by atoms with E-state index >= 15 is 0 Å². The smallest absolute Gasteiger partial charge is 0.328 e. The number of benzene rings is 1. The highest BCUT2D eigenvalue weighted by Gasteiger charge is 2.10. The summed E-state index contributed by atoms with van der Waals surface area (Å²) in [5.74, 6) is -2.62. The van der Waals surface area contributed by atoms with E-state index in [1.807, 2.05) is 0 Å². The summed E-state index contributed by atoms with van der Waals surface area (Å²) >= 11 is 5.53. The number of carboxylic acid groups (broad SMARTS) is 1. The lowest BCUT2D eigenvalue weighted by Crippen LogP contribution is -1.98. The van der Waals surface area contributed by atoms with Crippen molar-refractivity contribution in [3.05, 3.63) is 46.8 Å². The van der Waals surface area contributed by atoms with E-state index in [-0.39, 0.29) is 10.6 Å². The molecule has 1 rings (SSSR count). The van der Waals surface area contributed by atoms with Crippen LogP contribution >= 0.6 is 11.6 Å². The number of aliphatic carboxylic acids is 1. The summed E-state index contributed by atoms with van der Waals surface area (Å²) in [6.07, 6.45) is 1.49. The molecular formula is C10H6ClFO3. The lowest BCUT2D eigenvalue weighted by molar-refractivity contribution is -0.131. The molecule has 0 aromatic heterocycles. The van der Waals surface area contributed by atoms with Crippen LogP contribution in [0.3, 0.4) is 0 Å². The van der Waals surface area contributed by atoms with Crippen molar-refractivity contribution in [3.8, 4) is 0 Å². The summed E-state index contributed by atoms with van der Waals surface area (Å²) in [5.41, 5.74) is -0.0610. The van der Waals surface area contributed by atoms with Gasteiger partial charge in [0.2, 0.25) is 0 Å². The molecule has 0 heterocycles. The fraction of sp³-hybridized carbons (Fsp3) is 0. The van der Waals surface area contributed by atoms with Crippen LogP contribution in [-0.2, 0) is 4.79 Å². The maximum Gasteiger partial charge on any atom is 0.328 e. The largest absolute Gasteiger partial charge is 0.478 e. The first-order valence-electron chi connectivity index (χ1n) is 3.91. The van der Waals surface area contributed by atoms with Gasteiger partial charge in [0.25, 0.3) is 0 Å². The standard InChI is InChI=1S/C10H6ClFO3/c11-10-6(2-1-3-7(10)12)8(13)4-5-9(14)15/h1-5H,(H,14,15). The summed E-state index contributed by atoms with van der Waals surface area (Å²) in [7, 11) is 0. The molecule has 15 heavy (non-hydrogen) atoms. The zero-order chi connectivity index (χ0) is 11.4. The minimum Gasteiger partial charge on any atom is -0.478 e. The van der Waals surface area contributed by atoms with Crippen LogP contribution in [-0.4, -0.2) is 16.9 Å². The van der Waals surface area contributed by atoms with Crippen molar-refractivity contribution in [1.29, 1.82) is 0 Å². The van der Waals surface area contributed by atoms with Crippen LogP contribution in [0.2, 0.25) is 5.02 Å². The van der Waals surface area contributed by atoms with Gasteiger partial charge in [-0.15, -0.1) is 0 Å². The average Bonchev–Trinajstić information content (AvgIpc) is 2.18. The molecule has 0 atom stereocenters. The molecule has 0 spiro atoms. The maximum absolute atomic E-state index is 12.9. The van der Waals surface area contributed by atoms with Crippen LogP contribution in [0.1, 0.15) is 10.4 Å². The van der Waals surface area contributed by atoms with Crippen molar-refractivity contribution in [2.75, 3.05) is 0 Å². The minimum absolute atomic E-state index is 0.0610. The Morgan fingerprint density at radius 2 is 2.00 bits per heavy atom. The molecule has 0 fully saturated rings. The predicted octanol–water partition coefficient (Wildman–Crippen LogP) is 2.30. The quantitative estimate of drug-likeness (QED) is 0.638. The summed E-state index contributed by atoms with van der Waals surface area (Å²) < 4.78 is 12.9. The lowest BCUT2D eigenvalue weighted by Gasteiger charge is -1.99. The molecule has 0 radical (unpaired) electrons. The zero-order valence-electron chi connectivity index (χ0n) is 7.41. The van der Waals surface area contributed by atoms with Crippen molar-refractivity contribution < 1.29 is 19.1 Å². The normalized spacial score (nSPS) is 10.5. The molecule has 0 aliphatic heterocycles. The highest BCUT2D eigenvalue weighted by Crippen LogP contribution is 2.20. The highest BCUT2D eigenvalue weighted by atomic mass is 35.5. The Kier molecular flexibility index (Phi) is 3.57. The van der Waals surface area contributed by atoms with Gasteiger partial charge in [-0.25, -0.2) is 9.18 Å². The number of carbonyl (C=O) groups is 2. The van der Waals surface area contributed by atoms with Crippen LogP contribution in [0.5, 0.6) is 0 Å². The van der Waals surface area contributed by atoms with E-state index in [4.69, 9.17) is 16.7 Å². The van der Waals surface area contributed by atoms with Crippen molar-refractivity contribution in [1.82, 2.24) is 0 Å². The number of hydrogen-bond acceptors (Lipinski definition) is 2. The number of carboxylic acids is 1. The Bertz CT molecular complexity index is 440. The van der Waals surface area contributed by atoms with E-state index in [2.05, 4.69) is 0 Å². The van der Waals surface area contributed by atoms with Crippen LogP contribution in [0, 0.1) is 5.82 Å². The Hall–Kier alpha value is -1.68. The van der Waals surface area contributed by atoms with Gasteiger partial charge in [0.05, 0.1) is 5.02 Å². The summed E-state index contributed by atoms with van der Waals surface area (Å²) in [5, 5.41) is 7.98. The minimum atomic E-state index is -1.25. The van der Waals surface area contributed by atoms with Gasteiger partial charge in [0.15, 0.2) is 5.78 Å². The number of allylic oxidation sites excluding steroid dienone is 1. The van der Waals surface area contributed by atoms with E-state index in [1.165, 1.54) is 12.1 Å². The summed E-state index contributed by atoms with van der Waals surface area (Å²) in [6, 6.07) is 3.75. The van der Waals surface area contributed by atoms with Gasteiger partial charge in [-0.1, -0.05) is 17.7 Å². The molecule has 0 aliphatic rings. The molecule has 0 saturated heterocycles. The van der Waals surface area contributed by atoms with Gasteiger partial charge < -0.3 is 5.11 Å². The molecule has 1 aromatic rings. The van der Waals surface area contributed by atoms with E-state index in [0.29, 0.717) is 6.08 Å². The monoisotopic (exact) mass is 228 g/mol. The zero-order valence-corrected chi connectivity index (χ0v) is 8.16. The molecule has 78 valence electrons. The number of hydrogen-bond donors (Lipinski definition) is 1. The molecule has 0 amide bonds. The van der Waals surface area contributed by atoms with Crippen molar-refractivity contribution in [3.63, 3.8) is 0 Å². The molecule has 0 saturated carbocycles. The lowest BCUT2D eigenvalue weighted by atomic mass is 10.1. The van der Waals surface area contributed by atoms with Crippen LogP contribution < -0.4 is 0 Å². The molecule has 3 nitrogen and oxygen atoms in total. The van der Waals surface area contributed by atoms with Gasteiger partial charge in [-0.3, -0.25) is 4.79 Å². The fourth-order valence-electron chi connectivity index (χ4n) is 0.931. The topological polar surface area (TPSA) is 54.4 Å². The van der Waals surface area contributed by atoms with E-state index < -0.39 is 17.6 Å². The van der Waals surface area contributed by atoms with Gasteiger partial charge >= 0.3 is 5.97 Å². The summed E-state index contributed by atoms with van der Waals surface area (Å²) in [6.45, 7) is 0. The van der Waals surface area contributed by atoms with Crippen molar-refractivity contribution in [2.45, 2.75) is 0 Å². The van der Waals surface area contributed by atoms with E-state index in [0.717, 1.165) is 12.1 Å². The van der Waals surface area contributed by atoms with E-state index in [1.54, 1.807) is 0 Å². The fourth-order valence-corrected chi connectivity index (χ4v) is 1.15. The molecule has 0 bridgehead atoms. The third kappa shape index (κ3) is 2.89. The molecule has 0 unspecified atom stereocenters. The van der Waals surface area contributed by atoms with Crippen molar-refractivity contribution in [2.24, 2.45) is 0 Å². The van der Waals surface area contributed by atoms with Gasteiger partial charge in [-0.2, -0.15) is 0 Å². The molecule has 0 aliphatic carbocycles. The Labute approximate surface area is 89.8 Å². The number of carbonyl (C=O) groups excluding carboxylic acids is 1. The second-order valence-corrected chi connectivity index (χ2v) is 3.02. The van der Waals surface area contributed by atoms with Gasteiger partial charge in [0, 0.05) is 11.6 Å². The Morgan fingerprint density at radius 3 is 2.60 bits per heavy atom. The average molecular weight is 229 g/mol. The van der Waals surface area contributed by atoms with E-state index in [9.17, 15) is 14.0 Å². The molecular weight excluding hydrogens is 223 g/mol. The summed E-state index contributed by atoms with van der Waals surface area (Å²) in [4.78, 5) is 21.5. The first kappa shape index (κ1) is 11.4. The first-order chi connectivity index (χ1) is 7.02. The van der Waals surface area contributed by atoms with Crippen LogP contribution in [0.4, 0.5) is 4.39 Å². The SMILES string of the molecule is O=C(O)C=CC(=O)c1cccc(F)c1Cl. The second-order valence-electron chi connectivity index (χ2n) is 2.64. The molecule has 1 aromatic carbocycles. The third-order valence-corrected chi connectivity index (χ3v) is 1.98. The van der Waals surface area contributed by atoms with Gasteiger partial charge in [-0.05, 0) is 18.2 Å². The maximum atomic E-state index is 12.9. The Morgan fingerprint density at radius 1 is 1.33 bits per heavy atom.